The quantitative estimate of drug-likeness (QED) is 0.453. The van der Waals surface area contributed by atoms with E-state index >= 15 is 0 Å². The second kappa shape index (κ2) is 8.06. The first-order valence-electron chi connectivity index (χ1n) is 9.28. The molecule has 0 aliphatic carbocycles. The van der Waals surface area contributed by atoms with Crippen LogP contribution in [0.15, 0.2) is 48.5 Å². The molecule has 0 bridgehead atoms. The monoisotopic (exact) mass is 420 g/mol. The summed E-state index contributed by atoms with van der Waals surface area (Å²) in [6, 6.07) is 12.8. The van der Waals surface area contributed by atoms with Crippen molar-refractivity contribution in [1.82, 2.24) is 4.98 Å². The first-order chi connectivity index (χ1) is 13.6. The van der Waals surface area contributed by atoms with E-state index in [2.05, 4.69) is 31.1 Å². The Bertz CT molecular complexity index is 961. The highest BCUT2D eigenvalue weighted by atomic mass is 32.1. The molecule has 0 saturated heterocycles. The van der Waals surface area contributed by atoms with E-state index in [1.54, 1.807) is 7.05 Å². The van der Waals surface area contributed by atoms with Crippen LogP contribution in [0.2, 0.25) is 0 Å². The van der Waals surface area contributed by atoms with E-state index in [1.807, 2.05) is 24.3 Å². The minimum atomic E-state index is -4.37. The minimum absolute atomic E-state index is 0.0771. The zero-order chi connectivity index (χ0) is 21.2. The Morgan fingerprint density at radius 1 is 0.966 bits per heavy atom. The molecule has 3 rings (SSSR count). The van der Waals surface area contributed by atoms with E-state index < -0.39 is 11.7 Å². The molecule has 154 valence electrons. The number of benzene rings is 2. The van der Waals surface area contributed by atoms with Crippen LogP contribution in [-0.4, -0.2) is 12.0 Å². The lowest BCUT2D eigenvalue weighted by molar-refractivity contribution is -0.137. The number of hydrogen-bond donors (Lipinski definition) is 1. The second-order valence-corrected chi connectivity index (χ2v) is 8.31. The molecule has 0 aliphatic heterocycles. The Morgan fingerprint density at radius 2 is 1.55 bits per heavy atom. The van der Waals surface area contributed by atoms with Gasteiger partial charge in [-0.05, 0) is 41.7 Å². The molecule has 1 aromatic heterocycles. The molecule has 1 N–H and O–H groups in total. The van der Waals surface area contributed by atoms with Gasteiger partial charge in [-0.15, -0.1) is 0 Å². The summed E-state index contributed by atoms with van der Waals surface area (Å²) in [5, 5.41) is 4.11. The van der Waals surface area contributed by atoms with Gasteiger partial charge in [-0.2, -0.15) is 13.2 Å². The first kappa shape index (κ1) is 21.2. The van der Waals surface area contributed by atoms with Crippen LogP contribution < -0.4 is 10.1 Å². The van der Waals surface area contributed by atoms with Crippen molar-refractivity contribution < 1.29 is 17.9 Å². The van der Waals surface area contributed by atoms with Gasteiger partial charge in [-0.25, -0.2) is 4.98 Å². The summed E-state index contributed by atoms with van der Waals surface area (Å²) in [6.07, 6.45) is -3.35. The topological polar surface area (TPSA) is 34.1 Å². The van der Waals surface area contributed by atoms with Gasteiger partial charge in [-0.1, -0.05) is 56.4 Å². The number of anilines is 1. The van der Waals surface area contributed by atoms with Crippen molar-refractivity contribution in [1.29, 1.82) is 0 Å². The molecule has 0 unspecified atom stereocenters. The van der Waals surface area contributed by atoms with Crippen LogP contribution in [0.3, 0.4) is 0 Å². The molecule has 0 amide bonds. The minimum Gasteiger partial charge on any atom is -0.444 e. The molecule has 0 radical (unpaired) electrons. The summed E-state index contributed by atoms with van der Waals surface area (Å²) in [6.45, 7) is 6.53. The van der Waals surface area contributed by atoms with Gasteiger partial charge in [-0.3, -0.25) is 0 Å². The number of halogens is 3. The predicted molar refractivity (Wildman–Crippen MR) is 112 cm³/mol. The second-order valence-electron chi connectivity index (χ2n) is 7.34. The average molecular weight is 421 g/mol. The summed E-state index contributed by atoms with van der Waals surface area (Å²) in [5.74, 6) is 0.653. The summed E-state index contributed by atoms with van der Waals surface area (Å²) in [7, 11) is 1.74. The van der Waals surface area contributed by atoms with Crippen LogP contribution in [0.4, 0.5) is 18.3 Å². The molecule has 0 atom stereocenters. The highest BCUT2D eigenvalue weighted by molar-refractivity contribution is 7.17. The molecule has 3 nitrogen and oxygen atoms in total. The molecule has 0 fully saturated rings. The molecule has 7 heteroatoms. The molecule has 0 spiro atoms. The lowest BCUT2D eigenvalue weighted by atomic mass is 9.82. The highest BCUT2D eigenvalue weighted by Gasteiger charge is 2.30. The number of alkyl halides is 3. The standard InChI is InChI=1S/C22H23F3N2OS/c1-5-21(2,3)15-10-12-17(13-11-15)28-19-18(27-20(26-4)29-19)14-6-8-16(9-7-14)22(23,24)25/h6-13H,5H2,1-4H3,(H,26,27). The summed E-state index contributed by atoms with van der Waals surface area (Å²) < 4.78 is 44.6. The van der Waals surface area contributed by atoms with Crippen LogP contribution in [0, 0.1) is 0 Å². The number of hydrogen-bond acceptors (Lipinski definition) is 4. The number of rotatable bonds is 6. The van der Waals surface area contributed by atoms with Crippen LogP contribution in [0.1, 0.15) is 38.3 Å². The van der Waals surface area contributed by atoms with Gasteiger partial charge in [0.25, 0.3) is 0 Å². The third-order valence-corrected chi connectivity index (χ3v) is 5.98. The van der Waals surface area contributed by atoms with Gasteiger partial charge in [0.05, 0.1) is 5.56 Å². The smallest absolute Gasteiger partial charge is 0.416 e. The molecular weight excluding hydrogens is 397 g/mol. The largest absolute Gasteiger partial charge is 0.444 e. The van der Waals surface area contributed by atoms with E-state index in [1.165, 1.54) is 29.0 Å². The Morgan fingerprint density at radius 3 is 2.07 bits per heavy atom. The van der Waals surface area contributed by atoms with Crippen molar-refractivity contribution in [3.05, 3.63) is 59.7 Å². The molecule has 0 saturated carbocycles. The molecule has 0 aliphatic rings. The summed E-state index contributed by atoms with van der Waals surface area (Å²) >= 11 is 1.31. The van der Waals surface area contributed by atoms with E-state index in [9.17, 15) is 13.2 Å². The van der Waals surface area contributed by atoms with Gasteiger partial charge in [0.2, 0.25) is 5.06 Å². The van der Waals surface area contributed by atoms with E-state index in [0.717, 1.165) is 18.6 Å². The zero-order valence-electron chi connectivity index (χ0n) is 16.7. The van der Waals surface area contributed by atoms with Crippen molar-refractivity contribution >= 4 is 16.5 Å². The van der Waals surface area contributed by atoms with Crippen molar-refractivity contribution in [2.24, 2.45) is 0 Å². The fourth-order valence-electron chi connectivity index (χ4n) is 2.77. The number of nitrogens with one attached hydrogen (secondary N) is 1. The fraction of sp³-hybridized carbons (Fsp3) is 0.318. The Labute approximate surface area is 172 Å². The van der Waals surface area contributed by atoms with Gasteiger partial charge in [0.1, 0.15) is 11.4 Å². The van der Waals surface area contributed by atoms with Crippen LogP contribution in [-0.2, 0) is 11.6 Å². The van der Waals surface area contributed by atoms with E-state index in [-0.39, 0.29) is 5.41 Å². The molecule has 29 heavy (non-hydrogen) atoms. The Kier molecular flexibility index (Phi) is 5.89. The van der Waals surface area contributed by atoms with Crippen LogP contribution in [0.25, 0.3) is 11.3 Å². The van der Waals surface area contributed by atoms with Crippen molar-refractivity contribution in [2.75, 3.05) is 12.4 Å². The number of aromatic nitrogens is 1. The third kappa shape index (κ3) is 4.72. The maximum absolute atomic E-state index is 12.8. The third-order valence-electron chi connectivity index (χ3n) is 5.03. The molecular formula is C22H23F3N2OS. The normalized spacial score (nSPS) is 12.1. The number of ether oxygens (including phenoxy) is 1. The predicted octanol–water partition coefficient (Wildman–Crippen LogP) is 7.35. The molecule has 3 aromatic rings. The first-order valence-corrected chi connectivity index (χ1v) is 10.1. The lowest BCUT2D eigenvalue weighted by Crippen LogP contribution is -2.14. The maximum atomic E-state index is 12.8. The number of nitrogens with zero attached hydrogens (tertiary/aromatic N) is 1. The Balaban J connectivity index is 1.90. The maximum Gasteiger partial charge on any atom is 0.416 e. The fourth-order valence-corrected chi connectivity index (χ4v) is 3.58. The van der Waals surface area contributed by atoms with Crippen LogP contribution in [0.5, 0.6) is 10.8 Å². The lowest BCUT2D eigenvalue weighted by Gasteiger charge is -2.23. The van der Waals surface area contributed by atoms with E-state index in [0.29, 0.717) is 27.2 Å². The highest BCUT2D eigenvalue weighted by Crippen LogP contribution is 2.41. The summed E-state index contributed by atoms with van der Waals surface area (Å²) in [4.78, 5) is 4.46. The summed E-state index contributed by atoms with van der Waals surface area (Å²) in [5.41, 5.74) is 1.67. The zero-order valence-corrected chi connectivity index (χ0v) is 17.5. The van der Waals surface area contributed by atoms with E-state index in [4.69, 9.17) is 4.74 Å². The Hall–Kier alpha value is -2.54. The van der Waals surface area contributed by atoms with Crippen LogP contribution >= 0.6 is 11.3 Å². The number of thiazole rings is 1. The van der Waals surface area contributed by atoms with Crippen molar-refractivity contribution in [3.63, 3.8) is 0 Å². The van der Waals surface area contributed by atoms with Gasteiger partial charge >= 0.3 is 6.18 Å². The van der Waals surface area contributed by atoms with Crippen molar-refractivity contribution in [2.45, 2.75) is 38.8 Å². The average Bonchev–Trinajstić information content (AvgIpc) is 3.11. The molecule has 1 heterocycles. The van der Waals surface area contributed by atoms with Gasteiger partial charge in [0, 0.05) is 12.6 Å². The van der Waals surface area contributed by atoms with Gasteiger partial charge < -0.3 is 10.1 Å². The SMILES string of the molecule is CCC(C)(C)c1ccc(Oc2sc(NC)nc2-c2ccc(C(F)(F)F)cc2)cc1. The van der Waals surface area contributed by atoms with Gasteiger partial charge in [0.15, 0.2) is 5.13 Å². The molecule has 2 aromatic carbocycles. The van der Waals surface area contributed by atoms with Crippen molar-refractivity contribution in [3.8, 4) is 22.1 Å².